The van der Waals surface area contributed by atoms with E-state index in [9.17, 15) is 9.59 Å². The van der Waals surface area contributed by atoms with Crippen molar-refractivity contribution in [2.45, 2.75) is 39.2 Å². The van der Waals surface area contributed by atoms with Gasteiger partial charge in [0, 0.05) is 5.56 Å². The van der Waals surface area contributed by atoms with Crippen molar-refractivity contribution in [3.8, 4) is 0 Å². The van der Waals surface area contributed by atoms with E-state index in [0.717, 1.165) is 19.3 Å². The van der Waals surface area contributed by atoms with E-state index in [0.29, 0.717) is 5.56 Å². The number of carboxylic acid groups (broad SMARTS) is 1. The van der Waals surface area contributed by atoms with Crippen LogP contribution in [0.15, 0.2) is 18.2 Å². The molecule has 0 saturated heterocycles. The molecule has 0 saturated carbocycles. The molecule has 19 heavy (non-hydrogen) atoms. The van der Waals surface area contributed by atoms with Gasteiger partial charge in [0.1, 0.15) is 6.04 Å². The summed E-state index contributed by atoms with van der Waals surface area (Å²) in [6.45, 7) is 3.56. The quantitative estimate of drug-likeness (QED) is 0.871. The first-order valence-corrected chi connectivity index (χ1v) is 6.64. The first-order valence-electron chi connectivity index (χ1n) is 6.64. The van der Waals surface area contributed by atoms with Crippen LogP contribution in [0.5, 0.6) is 0 Å². The second kappa shape index (κ2) is 5.43. The summed E-state index contributed by atoms with van der Waals surface area (Å²) >= 11 is 0. The van der Waals surface area contributed by atoms with Crippen molar-refractivity contribution in [1.29, 1.82) is 0 Å². The summed E-state index contributed by atoms with van der Waals surface area (Å²) in [5, 5.41) is 11.7. The number of nitrogens with one attached hydrogen (secondary N) is 1. The number of aryl methyl sites for hydroxylation is 2. The lowest BCUT2D eigenvalue weighted by atomic mass is 10.0. The number of fused-ring (bicyclic) bond motifs is 1. The molecule has 2 rings (SSSR count). The molecule has 4 heteroatoms. The third-order valence-electron chi connectivity index (χ3n) is 3.58. The van der Waals surface area contributed by atoms with Gasteiger partial charge >= 0.3 is 5.97 Å². The van der Waals surface area contributed by atoms with Gasteiger partial charge in [-0.05, 0) is 48.4 Å². The van der Waals surface area contributed by atoms with Crippen molar-refractivity contribution in [2.24, 2.45) is 5.92 Å². The van der Waals surface area contributed by atoms with E-state index < -0.39 is 12.0 Å². The van der Waals surface area contributed by atoms with Crippen LogP contribution in [0.4, 0.5) is 0 Å². The highest BCUT2D eigenvalue weighted by atomic mass is 16.4. The van der Waals surface area contributed by atoms with Gasteiger partial charge in [-0.15, -0.1) is 0 Å². The molecule has 1 unspecified atom stereocenters. The van der Waals surface area contributed by atoms with Gasteiger partial charge in [0.25, 0.3) is 5.91 Å². The minimum absolute atomic E-state index is 0.143. The first kappa shape index (κ1) is 13.6. The van der Waals surface area contributed by atoms with E-state index in [1.807, 2.05) is 12.1 Å². The lowest BCUT2D eigenvalue weighted by molar-refractivity contribution is -0.140. The second-order valence-electron chi connectivity index (χ2n) is 5.37. The molecule has 0 bridgehead atoms. The number of carboxylic acids is 1. The zero-order valence-electron chi connectivity index (χ0n) is 11.3. The summed E-state index contributed by atoms with van der Waals surface area (Å²) in [5.41, 5.74) is 3.06. The SMILES string of the molecule is CC(C)C(NC(=O)c1ccc2c(c1)CCC2)C(=O)O. The Hall–Kier alpha value is -1.84. The largest absolute Gasteiger partial charge is 0.480 e. The maximum absolute atomic E-state index is 12.1. The third kappa shape index (κ3) is 2.95. The Morgan fingerprint density at radius 3 is 2.53 bits per heavy atom. The minimum Gasteiger partial charge on any atom is -0.480 e. The molecule has 2 N–H and O–H groups in total. The molecule has 0 heterocycles. The Morgan fingerprint density at radius 2 is 1.89 bits per heavy atom. The molecular formula is C15H19NO3. The fourth-order valence-corrected chi connectivity index (χ4v) is 2.45. The van der Waals surface area contributed by atoms with Crippen molar-refractivity contribution in [2.75, 3.05) is 0 Å². The minimum atomic E-state index is -0.996. The topological polar surface area (TPSA) is 66.4 Å². The van der Waals surface area contributed by atoms with Crippen molar-refractivity contribution >= 4 is 11.9 Å². The van der Waals surface area contributed by atoms with E-state index in [-0.39, 0.29) is 11.8 Å². The Bertz CT molecular complexity index is 508. The number of carbonyl (C=O) groups is 2. The van der Waals surface area contributed by atoms with Crippen LogP contribution in [0, 0.1) is 5.92 Å². The molecule has 1 amide bonds. The fraction of sp³-hybridized carbons (Fsp3) is 0.467. The maximum Gasteiger partial charge on any atom is 0.326 e. The molecular weight excluding hydrogens is 242 g/mol. The Balaban J connectivity index is 2.13. The molecule has 1 aromatic carbocycles. The number of carbonyl (C=O) groups excluding carboxylic acids is 1. The standard InChI is InChI=1S/C15H19NO3/c1-9(2)13(15(18)19)16-14(17)12-7-6-10-4-3-5-11(10)8-12/h6-9,13H,3-5H2,1-2H3,(H,16,17)(H,18,19). The molecule has 4 nitrogen and oxygen atoms in total. The van der Waals surface area contributed by atoms with Gasteiger partial charge in [0.2, 0.25) is 0 Å². The summed E-state index contributed by atoms with van der Waals surface area (Å²) in [6.07, 6.45) is 3.20. The predicted molar refractivity (Wildman–Crippen MR) is 72.2 cm³/mol. The maximum atomic E-state index is 12.1. The smallest absolute Gasteiger partial charge is 0.326 e. The number of benzene rings is 1. The van der Waals surface area contributed by atoms with Crippen LogP contribution in [0.2, 0.25) is 0 Å². The Morgan fingerprint density at radius 1 is 1.21 bits per heavy atom. The molecule has 0 aromatic heterocycles. The zero-order chi connectivity index (χ0) is 14.0. The average Bonchev–Trinajstić information content (AvgIpc) is 2.81. The second-order valence-corrected chi connectivity index (χ2v) is 5.37. The van der Waals surface area contributed by atoms with Gasteiger partial charge in [-0.25, -0.2) is 4.79 Å². The monoisotopic (exact) mass is 261 g/mol. The van der Waals surface area contributed by atoms with Gasteiger partial charge in [-0.1, -0.05) is 19.9 Å². The first-order chi connectivity index (χ1) is 8.99. The van der Waals surface area contributed by atoms with Gasteiger partial charge in [-0.3, -0.25) is 4.79 Å². The molecule has 1 aliphatic rings. The molecule has 0 aliphatic heterocycles. The van der Waals surface area contributed by atoms with E-state index >= 15 is 0 Å². The highest BCUT2D eigenvalue weighted by Crippen LogP contribution is 2.22. The van der Waals surface area contributed by atoms with E-state index in [2.05, 4.69) is 5.32 Å². The predicted octanol–water partition coefficient (Wildman–Crippen LogP) is 2.01. The Labute approximate surface area is 112 Å². The van der Waals surface area contributed by atoms with Crippen molar-refractivity contribution < 1.29 is 14.7 Å². The van der Waals surface area contributed by atoms with Crippen LogP contribution in [0.25, 0.3) is 0 Å². The van der Waals surface area contributed by atoms with Gasteiger partial charge < -0.3 is 10.4 Å². The Kier molecular flexibility index (Phi) is 3.88. The highest BCUT2D eigenvalue weighted by Gasteiger charge is 2.24. The highest BCUT2D eigenvalue weighted by molar-refractivity contribution is 5.96. The molecule has 0 radical (unpaired) electrons. The number of aliphatic carboxylic acids is 1. The number of hydrogen-bond donors (Lipinski definition) is 2. The van der Waals surface area contributed by atoms with Crippen molar-refractivity contribution in [3.05, 3.63) is 34.9 Å². The molecule has 0 fully saturated rings. The number of amides is 1. The van der Waals surface area contributed by atoms with Crippen LogP contribution >= 0.6 is 0 Å². The molecule has 1 aromatic rings. The zero-order valence-corrected chi connectivity index (χ0v) is 11.3. The van der Waals surface area contributed by atoms with Crippen LogP contribution in [0.3, 0.4) is 0 Å². The van der Waals surface area contributed by atoms with Gasteiger partial charge in [0.15, 0.2) is 0 Å². The number of rotatable bonds is 4. The third-order valence-corrected chi connectivity index (χ3v) is 3.58. The van der Waals surface area contributed by atoms with E-state index in [1.165, 1.54) is 11.1 Å². The van der Waals surface area contributed by atoms with Crippen LogP contribution in [-0.2, 0) is 17.6 Å². The van der Waals surface area contributed by atoms with Crippen LogP contribution < -0.4 is 5.32 Å². The lowest BCUT2D eigenvalue weighted by Gasteiger charge is -2.18. The van der Waals surface area contributed by atoms with Crippen LogP contribution in [-0.4, -0.2) is 23.0 Å². The normalized spacial score (nSPS) is 15.1. The van der Waals surface area contributed by atoms with Gasteiger partial charge in [-0.2, -0.15) is 0 Å². The summed E-state index contributed by atoms with van der Waals surface area (Å²) in [5.74, 6) is -1.45. The molecule has 102 valence electrons. The summed E-state index contributed by atoms with van der Waals surface area (Å²) in [6, 6.07) is 4.79. The van der Waals surface area contributed by atoms with E-state index in [4.69, 9.17) is 5.11 Å². The van der Waals surface area contributed by atoms with Crippen molar-refractivity contribution in [3.63, 3.8) is 0 Å². The lowest BCUT2D eigenvalue weighted by Crippen LogP contribution is -2.44. The molecule has 1 atom stereocenters. The number of hydrogen-bond acceptors (Lipinski definition) is 2. The van der Waals surface area contributed by atoms with Crippen molar-refractivity contribution in [1.82, 2.24) is 5.32 Å². The summed E-state index contributed by atoms with van der Waals surface area (Å²) in [4.78, 5) is 23.2. The van der Waals surface area contributed by atoms with E-state index in [1.54, 1.807) is 19.9 Å². The molecule has 1 aliphatic carbocycles. The average molecular weight is 261 g/mol. The fourth-order valence-electron chi connectivity index (χ4n) is 2.45. The summed E-state index contributed by atoms with van der Waals surface area (Å²) < 4.78 is 0. The molecule has 0 spiro atoms. The summed E-state index contributed by atoms with van der Waals surface area (Å²) in [7, 11) is 0. The van der Waals surface area contributed by atoms with Crippen LogP contribution in [0.1, 0.15) is 41.8 Å². The van der Waals surface area contributed by atoms with Gasteiger partial charge in [0.05, 0.1) is 0 Å².